The molecule has 1 aliphatic rings. The van der Waals surface area contributed by atoms with Gasteiger partial charge in [-0.1, -0.05) is 41.9 Å². The van der Waals surface area contributed by atoms with E-state index in [0.717, 1.165) is 39.2 Å². The molecule has 0 amide bonds. The summed E-state index contributed by atoms with van der Waals surface area (Å²) in [6.07, 6.45) is 1.67. The van der Waals surface area contributed by atoms with E-state index in [2.05, 4.69) is 30.5 Å². The van der Waals surface area contributed by atoms with Crippen molar-refractivity contribution in [2.24, 2.45) is 0 Å². The van der Waals surface area contributed by atoms with Crippen molar-refractivity contribution >= 4 is 42.1 Å². The van der Waals surface area contributed by atoms with Gasteiger partial charge in [0.15, 0.2) is 17.1 Å². The molecule has 0 unspecified atom stereocenters. The van der Waals surface area contributed by atoms with Crippen LogP contribution in [0.25, 0.3) is 28.5 Å². The summed E-state index contributed by atoms with van der Waals surface area (Å²) >= 11 is 0. The standard InChI is InChI=1S/C26H20BNO3/c1-4-28-17(11-20-25(29)18-9-8-16(27)10-19(18)26(20)30)12-22-21(28)13-23(31-22)24-14(2)6-5-7-15(24)3/h5-13H,4H2,1-3H3/b20-11-. The molecule has 2 aromatic carbocycles. The lowest BCUT2D eigenvalue weighted by Crippen LogP contribution is -2.05. The molecule has 5 heteroatoms. The van der Waals surface area contributed by atoms with Gasteiger partial charge in [-0.3, -0.25) is 9.59 Å². The number of fused-ring (bicyclic) bond motifs is 2. The first-order valence-corrected chi connectivity index (χ1v) is 10.3. The molecule has 5 rings (SSSR count). The van der Waals surface area contributed by atoms with Crippen molar-refractivity contribution < 1.29 is 14.0 Å². The van der Waals surface area contributed by atoms with Gasteiger partial charge in [-0.2, -0.15) is 0 Å². The summed E-state index contributed by atoms with van der Waals surface area (Å²) in [7, 11) is 5.80. The van der Waals surface area contributed by atoms with Gasteiger partial charge in [-0.25, -0.2) is 0 Å². The number of carbonyl (C=O) groups excluding carboxylic acids is 2. The van der Waals surface area contributed by atoms with Crippen LogP contribution in [0, 0.1) is 13.8 Å². The molecular formula is C26H20BNO3. The van der Waals surface area contributed by atoms with Crippen molar-refractivity contribution in [1.29, 1.82) is 0 Å². The molecule has 0 N–H and O–H groups in total. The average Bonchev–Trinajstić information content (AvgIpc) is 3.34. The van der Waals surface area contributed by atoms with Crippen molar-refractivity contribution in [3.63, 3.8) is 0 Å². The molecule has 2 aromatic heterocycles. The SMILES string of the molecule is [B]c1ccc2c(c1)C(=O)/C(=C\c1cc3oc(-c4c(C)cccc4C)cc3n1CC)C2=O. The molecule has 0 aliphatic heterocycles. The van der Waals surface area contributed by atoms with Crippen LogP contribution < -0.4 is 5.46 Å². The van der Waals surface area contributed by atoms with Gasteiger partial charge in [0, 0.05) is 41.1 Å². The Labute approximate surface area is 181 Å². The smallest absolute Gasteiger partial charge is 0.197 e. The highest BCUT2D eigenvalue weighted by Gasteiger charge is 2.33. The molecule has 150 valence electrons. The predicted octanol–water partition coefficient (Wildman–Crippen LogP) is 4.79. The van der Waals surface area contributed by atoms with E-state index in [1.54, 1.807) is 24.3 Å². The Kier molecular flexibility index (Phi) is 4.36. The number of aromatic nitrogens is 1. The molecular weight excluding hydrogens is 385 g/mol. The van der Waals surface area contributed by atoms with Gasteiger partial charge in [0.1, 0.15) is 13.6 Å². The number of carbonyl (C=O) groups is 2. The van der Waals surface area contributed by atoms with Gasteiger partial charge < -0.3 is 8.98 Å². The summed E-state index contributed by atoms with van der Waals surface area (Å²) < 4.78 is 8.25. The second-order valence-electron chi connectivity index (χ2n) is 7.96. The van der Waals surface area contributed by atoms with Crippen LogP contribution in [0.4, 0.5) is 0 Å². The number of aryl methyl sites for hydroxylation is 3. The highest BCUT2D eigenvalue weighted by atomic mass is 16.3. The van der Waals surface area contributed by atoms with Gasteiger partial charge in [0.25, 0.3) is 0 Å². The fourth-order valence-corrected chi connectivity index (χ4v) is 4.48. The van der Waals surface area contributed by atoms with Gasteiger partial charge in [-0.15, -0.1) is 0 Å². The Balaban J connectivity index is 1.62. The zero-order valence-corrected chi connectivity index (χ0v) is 17.7. The zero-order chi connectivity index (χ0) is 21.9. The number of hydrogen-bond acceptors (Lipinski definition) is 3. The van der Waals surface area contributed by atoms with Crippen LogP contribution in [0.3, 0.4) is 0 Å². The Bertz CT molecular complexity index is 1410. The third-order valence-corrected chi connectivity index (χ3v) is 5.98. The molecule has 31 heavy (non-hydrogen) atoms. The maximum absolute atomic E-state index is 12.9. The Morgan fingerprint density at radius 1 is 0.968 bits per heavy atom. The monoisotopic (exact) mass is 405 g/mol. The molecule has 0 saturated carbocycles. The van der Waals surface area contributed by atoms with E-state index >= 15 is 0 Å². The van der Waals surface area contributed by atoms with Gasteiger partial charge >= 0.3 is 0 Å². The number of ketones is 2. The summed E-state index contributed by atoms with van der Waals surface area (Å²) in [5.74, 6) is 0.263. The second kappa shape index (κ2) is 6.98. The highest BCUT2D eigenvalue weighted by molar-refractivity contribution is 6.42. The average molecular weight is 405 g/mol. The largest absolute Gasteiger partial charge is 0.454 e. The molecule has 0 bridgehead atoms. The summed E-state index contributed by atoms with van der Waals surface area (Å²) in [6.45, 7) is 6.85. The number of allylic oxidation sites excluding steroid dienone is 1. The first-order valence-electron chi connectivity index (χ1n) is 10.3. The van der Waals surface area contributed by atoms with E-state index in [0.29, 0.717) is 23.1 Å². The minimum absolute atomic E-state index is 0.158. The predicted molar refractivity (Wildman–Crippen MR) is 123 cm³/mol. The van der Waals surface area contributed by atoms with E-state index in [4.69, 9.17) is 12.3 Å². The van der Waals surface area contributed by atoms with Crippen molar-refractivity contribution in [1.82, 2.24) is 4.57 Å². The lowest BCUT2D eigenvalue weighted by atomic mass is 9.92. The number of Topliss-reactive ketones (excluding diaryl/α,β-unsaturated/α-hetero) is 2. The molecule has 2 radical (unpaired) electrons. The zero-order valence-electron chi connectivity index (χ0n) is 17.7. The maximum Gasteiger partial charge on any atom is 0.197 e. The summed E-state index contributed by atoms with van der Waals surface area (Å²) in [6, 6.07) is 14.9. The molecule has 0 saturated heterocycles. The molecule has 0 fully saturated rings. The third kappa shape index (κ3) is 2.92. The molecule has 2 heterocycles. The van der Waals surface area contributed by atoms with Crippen LogP contribution in [0.2, 0.25) is 0 Å². The van der Waals surface area contributed by atoms with E-state index in [1.807, 2.05) is 25.1 Å². The van der Waals surface area contributed by atoms with E-state index in [9.17, 15) is 9.59 Å². The lowest BCUT2D eigenvalue weighted by molar-refractivity contribution is 0.0990. The fraction of sp³-hybridized carbons (Fsp3) is 0.154. The summed E-state index contributed by atoms with van der Waals surface area (Å²) in [5, 5.41) is 0. The number of benzene rings is 2. The Morgan fingerprint density at radius 3 is 2.39 bits per heavy atom. The minimum atomic E-state index is -0.288. The van der Waals surface area contributed by atoms with Crippen LogP contribution in [0.15, 0.2) is 58.5 Å². The molecule has 0 spiro atoms. The first kappa shape index (κ1) is 19.4. The topological polar surface area (TPSA) is 52.2 Å². The summed E-state index contributed by atoms with van der Waals surface area (Å²) in [5.41, 5.74) is 7.23. The Hall–Kier alpha value is -3.60. The van der Waals surface area contributed by atoms with Crippen molar-refractivity contribution in [3.8, 4) is 11.3 Å². The van der Waals surface area contributed by atoms with Crippen LogP contribution in [0.5, 0.6) is 0 Å². The van der Waals surface area contributed by atoms with Crippen molar-refractivity contribution in [2.75, 3.05) is 0 Å². The number of rotatable bonds is 3. The Morgan fingerprint density at radius 2 is 1.68 bits per heavy atom. The van der Waals surface area contributed by atoms with E-state index in [1.165, 1.54) is 0 Å². The minimum Gasteiger partial charge on any atom is -0.454 e. The van der Waals surface area contributed by atoms with Crippen LogP contribution in [-0.2, 0) is 6.54 Å². The highest BCUT2D eigenvalue weighted by Crippen LogP contribution is 2.35. The van der Waals surface area contributed by atoms with Gasteiger partial charge in [0.05, 0.1) is 11.1 Å². The van der Waals surface area contributed by atoms with Crippen LogP contribution in [0.1, 0.15) is 44.5 Å². The second-order valence-corrected chi connectivity index (χ2v) is 7.96. The molecule has 4 aromatic rings. The van der Waals surface area contributed by atoms with Gasteiger partial charge in [0.2, 0.25) is 0 Å². The fourth-order valence-electron chi connectivity index (χ4n) is 4.48. The van der Waals surface area contributed by atoms with Crippen LogP contribution in [-0.4, -0.2) is 24.0 Å². The van der Waals surface area contributed by atoms with Crippen molar-refractivity contribution in [2.45, 2.75) is 27.3 Å². The first-order chi connectivity index (χ1) is 14.9. The molecule has 4 nitrogen and oxygen atoms in total. The molecule has 1 aliphatic carbocycles. The van der Waals surface area contributed by atoms with Crippen LogP contribution >= 0.6 is 0 Å². The van der Waals surface area contributed by atoms with E-state index in [-0.39, 0.29) is 17.1 Å². The number of furan rings is 1. The van der Waals surface area contributed by atoms with E-state index < -0.39 is 0 Å². The summed E-state index contributed by atoms with van der Waals surface area (Å²) in [4.78, 5) is 25.7. The van der Waals surface area contributed by atoms with Gasteiger partial charge in [-0.05, 0) is 38.0 Å². The lowest BCUT2D eigenvalue weighted by Gasteiger charge is -2.07. The number of nitrogens with zero attached hydrogens (tertiary/aromatic N) is 1. The van der Waals surface area contributed by atoms with Crippen molar-refractivity contribution in [3.05, 3.63) is 82.1 Å². The third-order valence-electron chi connectivity index (χ3n) is 5.98. The quantitative estimate of drug-likeness (QED) is 0.280. The maximum atomic E-state index is 12.9. The number of hydrogen-bond donors (Lipinski definition) is 0. The molecule has 0 atom stereocenters. The normalized spacial score (nSPS) is 14.7.